The van der Waals surface area contributed by atoms with Crippen LogP contribution >= 0.6 is 0 Å². The van der Waals surface area contributed by atoms with Gasteiger partial charge in [0.2, 0.25) is 0 Å². The van der Waals surface area contributed by atoms with E-state index in [1.807, 2.05) is 0 Å². The van der Waals surface area contributed by atoms with E-state index < -0.39 is 18.0 Å². The highest BCUT2D eigenvalue weighted by molar-refractivity contribution is 5.66. The molecule has 0 fully saturated rings. The molecule has 0 aliphatic carbocycles. The Morgan fingerprint density at radius 1 is 0.720 bits per heavy atom. The molecule has 0 heterocycles. The third kappa shape index (κ3) is 39.5. The van der Waals surface area contributed by atoms with E-state index in [0.29, 0.717) is 6.42 Å². The predicted octanol–water partition coefficient (Wildman–Crippen LogP) is 2.80. The average Bonchev–Trinajstić information content (AvgIpc) is 2.60. The van der Waals surface area contributed by atoms with E-state index in [2.05, 4.69) is 6.92 Å². The normalized spacial score (nSPS) is 9.68. The molecular weight excluding hydrogens is 328 g/mol. The summed E-state index contributed by atoms with van der Waals surface area (Å²) in [4.78, 5) is 19.6. The van der Waals surface area contributed by atoms with E-state index in [1.165, 1.54) is 44.9 Å². The summed E-state index contributed by atoms with van der Waals surface area (Å²) in [5.74, 6) is -1.40. The average molecular weight is 366 g/mol. The molecule has 0 spiro atoms. The van der Waals surface area contributed by atoms with Crippen LogP contribution in [0.15, 0.2) is 0 Å². The Balaban J connectivity index is -0.000000362. The lowest BCUT2D eigenvalue weighted by Gasteiger charge is -2.00. The van der Waals surface area contributed by atoms with Crippen molar-refractivity contribution in [3.05, 3.63) is 0 Å². The van der Waals surface area contributed by atoms with Crippen molar-refractivity contribution in [2.75, 3.05) is 13.2 Å². The van der Waals surface area contributed by atoms with E-state index >= 15 is 0 Å². The van der Waals surface area contributed by atoms with Gasteiger partial charge in [-0.05, 0) is 6.42 Å². The third-order valence-corrected chi connectivity index (χ3v) is 3.22. The molecule has 0 amide bonds. The van der Waals surface area contributed by atoms with Crippen molar-refractivity contribution < 1.29 is 35.1 Å². The zero-order valence-electron chi connectivity index (χ0n) is 15.8. The summed E-state index contributed by atoms with van der Waals surface area (Å²) in [5.41, 5.74) is 0. The van der Waals surface area contributed by atoms with E-state index in [9.17, 15) is 9.59 Å². The standard InChI is InChI=1S/C12H24O2.C3H8O3.C3H6O2/c1-2-3-4-5-6-7-8-9-10-11-12(13)14;4-1-3(6)2-5;1-2-3(4)5/h2-11H2,1H3,(H,13,14);3-6H,1-2H2;2H2,1H3,(H,4,5). The Morgan fingerprint density at radius 3 is 1.32 bits per heavy atom. The van der Waals surface area contributed by atoms with Crippen LogP contribution in [-0.2, 0) is 9.59 Å². The van der Waals surface area contributed by atoms with Crippen LogP contribution in [0.1, 0.15) is 84.5 Å². The van der Waals surface area contributed by atoms with Gasteiger partial charge < -0.3 is 25.5 Å². The Labute approximate surface area is 151 Å². The van der Waals surface area contributed by atoms with E-state index in [0.717, 1.165) is 12.8 Å². The summed E-state index contributed by atoms with van der Waals surface area (Å²) in [7, 11) is 0. The molecule has 0 rings (SSSR count). The minimum Gasteiger partial charge on any atom is -0.481 e. The fraction of sp³-hybridized carbons (Fsp3) is 0.889. The monoisotopic (exact) mass is 366 g/mol. The van der Waals surface area contributed by atoms with Gasteiger partial charge in [-0.2, -0.15) is 0 Å². The number of rotatable bonds is 13. The summed E-state index contributed by atoms with van der Waals surface area (Å²) >= 11 is 0. The summed E-state index contributed by atoms with van der Waals surface area (Å²) in [5, 5.41) is 40.2. The van der Waals surface area contributed by atoms with Crippen molar-refractivity contribution in [1.29, 1.82) is 0 Å². The first-order chi connectivity index (χ1) is 11.8. The number of aliphatic carboxylic acids is 2. The van der Waals surface area contributed by atoms with Gasteiger partial charge >= 0.3 is 11.9 Å². The van der Waals surface area contributed by atoms with Crippen molar-refractivity contribution in [3.8, 4) is 0 Å². The topological polar surface area (TPSA) is 135 Å². The summed E-state index contributed by atoms with van der Waals surface area (Å²) in [6.07, 6.45) is 10.7. The molecule has 0 saturated carbocycles. The van der Waals surface area contributed by atoms with Gasteiger partial charge in [-0.15, -0.1) is 0 Å². The van der Waals surface area contributed by atoms with Gasteiger partial charge in [0.05, 0.1) is 13.2 Å². The predicted molar refractivity (Wildman–Crippen MR) is 97.6 cm³/mol. The van der Waals surface area contributed by atoms with Crippen LogP contribution in [0.5, 0.6) is 0 Å². The van der Waals surface area contributed by atoms with Crippen molar-refractivity contribution in [2.24, 2.45) is 0 Å². The van der Waals surface area contributed by atoms with Gasteiger partial charge in [-0.25, -0.2) is 0 Å². The second kappa shape index (κ2) is 25.1. The lowest BCUT2D eigenvalue weighted by Crippen LogP contribution is -2.15. The summed E-state index contributed by atoms with van der Waals surface area (Å²) in [6.45, 7) is 3.10. The fourth-order valence-electron chi connectivity index (χ4n) is 1.64. The first-order valence-corrected chi connectivity index (χ1v) is 9.18. The van der Waals surface area contributed by atoms with Crippen LogP contribution < -0.4 is 0 Å². The van der Waals surface area contributed by atoms with Crippen LogP contribution in [0.3, 0.4) is 0 Å². The Bertz CT molecular complexity index is 279. The first kappa shape index (κ1) is 28.6. The maximum atomic E-state index is 10.2. The van der Waals surface area contributed by atoms with Crippen LogP contribution in [0.4, 0.5) is 0 Å². The largest absolute Gasteiger partial charge is 0.481 e. The summed E-state index contributed by atoms with van der Waals surface area (Å²) in [6, 6.07) is 0. The molecule has 7 heteroatoms. The van der Waals surface area contributed by atoms with Crippen LogP contribution in [0, 0.1) is 0 Å². The Morgan fingerprint density at radius 2 is 1.08 bits per heavy atom. The van der Waals surface area contributed by atoms with E-state index in [-0.39, 0.29) is 19.6 Å². The fourth-order valence-corrected chi connectivity index (χ4v) is 1.64. The molecule has 0 unspecified atom stereocenters. The van der Waals surface area contributed by atoms with E-state index in [1.54, 1.807) is 6.92 Å². The van der Waals surface area contributed by atoms with Crippen LogP contribution in [0.25, 0.3) is 0 Å². The van der Waals surface area contributed by atoms with Gasteiger partial charge in [-0.3, -0.25) is 9.59 Å². The van der Waals surface area contributed by atoms with Crippen molar-refractivity contribution >= 4 is 11.9 Å². The molecular formula is C18H38O7. The number of hydrogen-bond donors (Lipinski definition) is 5. The SMILES string of the molecule is CCC(=O)O.CCCCCCCCCCCC(=O)O.OCC(O)CO. The molecule has 0 aromatic heterocycles. The number of carboxylic acids is 2. The van der Waals surface area contributed by atoms with Gasteiger partial charge in [0, 0.05) is 12.8 Å². The highest BCUT2D eigenvalue weighted by Crippen LogP contribution is 2.10. The molecule has 7 nitrogen and oxygen atoms in total. The molecule has 0 bridgehead atoms. The van der Waals surface area contributed by atoms with Crippen LogP contribution in [-0.4, -0.2) is 56.8 Å². The molecule has 25 heavy (non-hydrogen) atoms. The van der Waals surface area contributed by atoms with Gasteiger partial charge in [0.25, 0.3) is 0 Å². The number of carbonyl (C=O) groups is 2. The molecule has 0 aromatic rings. The second-order valence-electron chi connectivity index (χ2n) is 5.74. The zero-order chi connectivity index (χ0) is 19.9. The number of hydrogen-bond acceptors (Lipinski definition) is 5. The zero-order valence-corrected chi connectivity index (χ0v) is 15.8. The number of aliphatic hydroxyl groups is 3. The molecule has 0 atom stereocenters. The highest BCUT2D eigenvalue weighted by Gasteiger charge is 1.96. The number of aliphatic hydroxyl groups excluding tert-OH is 3. The molecule has 0 aliphatic heterocycles. The van der Waals surface area contributed by atoms with Gasteiger partial charge in [-0.1, -0.05) is 65.2 Å². The maximum absolute atomic E-state index is 10.2. The lowest BCUT2D eigenvalue weighted by atomic mass is 10.1. The first-order valence-electron chi connectivity index (χ1n) is 9.18. The maximum Gasteiger partial charge on any atom is 0.303 e. The molecule has 0 saturated heterocycles. The number of unbranched alkanes of at least 4 members (excludes halogenated alkanes) is 8. The van der Waals surface area contributed by atoms with E-state index in [4.69, 9.17) is 25.5 Å². The van der Waals surface area contributed by atoms with Crippen molar-refractivity contribution in [1.82, 2.24) is 0 Å². The lowest BCUT2D eigenvalue weighted by molar-refractivity contribution is -0.137. The minimum absolute atomic E-state index is 0.222. The van der Waals surface area contributed by atoms with Gasteiger partial charge in [0.15, 0.2) is 0 Å². The molecule has 0 aromatic carbocycles. The molecule has 0 radical (unpaired) electrons. The summed E-state index contributed by atoms with van der Waals surface area (Å²) < 4.78 is 0. The molecule has 152 valence electrons. The van der Waals surface area contributed by atoms with Crippen LogP contribution in [0.2, 0.25) is 0 Å². The van der Waals surface area contributed by atoms with Crippen molar-refractivity contribution in [2.45, 2.75) is 90.6 Å². The number of carboxylic acid groups (broad SMARTS) is 2. The highest BCUT2D eigenvalue weighted by atomic mass is 16.4. The Hall–Kier alpha value is -1.18. The van der Waals surface area contributed by atoms with Crippen molar-refractivity contribution in [3.63, 3.8) is 0 Å². The third-order valence-electron chi connectivity index (χ3n) is 3.22. The smallest absolute Gasteiger partial charge is 0.303 e. The van der Waals surface area contributed by atoms with Gasteiger partial charge in [0.1, 0.15) is 6.10 Å². The quantitative estimate of drug-likeness (QED) is 0.316. The Kier molecular flexibility index (Phi) is 28.7. The molecule has 5 N–H and O–H groups in total. The second-order valence-corrected chi connectivity index (χ2v) is 5.74. The molecule has 0 aliphatic rings. The minimum atomic E-state index is -0.954.